The summed E-state index contributed by atoms with van der Waals surface area (Å²) in [5.41, 5.74) is -2.92. The molecule has 0 unspecified atom stereocenters. The molecule has 0 aromatic rings. The number of carbonyl (C=O) groups excluding carboxylic acids is 2. The van der Waals surface area contributed by atoms with E-state index in [4.69, 9.17) is 9.84 Å². The van der Waals surface area contributed by atoms with Crippen LogP contribution in [0, 0.1) is 16.2 Å². The van der Waals surface area contributed by atoms with Crippen LogP contribution in [0.25, 0.3) is 0 Å². The minimum atomic E-state index is -1.52. The predicted molar refractivity (Wildman–Crippen MR) is 75.2 cm³/mol. The van der Waals surface area contributed by atoms with E-state index in [1.165, 1.54) is 0 Å². The number of aldehydes is 2. The molecular formula is C16H20O6. The number of hydrogen-bond acceptors (Lipinski definition) is 5. The molecule has 3 aliphatic rings. The van der Waals surface area contributed by atoms with Gasteiger partial charge in [0, 0.05) is 11.0 Å². The second-order valence-electron chi connectivity index (χ2n) is 7.90. The number of carboxylic acid groups (broad SMARTS) is 1. The molecule has 0 amide bonds. The zero-order valence-electron chi connectivity index (χ0n) is 12.9. The molecule has 22 heavy (non-hydrogen) atoms. The maximum Gasteiger partial charge on any atom is 0.506 e. The Balaban J connectivity index is 2.24. The fourth-order valence-corrected chi connectivity index (χ4v) is 4.91. The molecular weight excluding hydrogens is 288 g/mol. The van der Waals surface area contributed by atoms with E-state index in [0.29, 0.717) is 43.0 Å². The normalized spacial score (nSPS) is 44.8. The molecule has 4 atom stereocenters. The Labute approximate surface area is 128 Å². The highest BCUT2D eigenvalue weighted by atomic mass is 16.7. The average molecular weight is 308 g/mol. The lowest BCUT2D eigenvalue weighted by Crippen LogP contribution is -2.54. The van der Waals surface area contributed by atoms with Gasteiger partial charge in [-0.15, -0.1) is 0 Å². The minimum Gasteiger partial charge on any atom is -0.450 e. The Morgan fingerprint density at radius 3 is 2.41 bits per heavy atom. The third-order valence-corrected chi connectivity index (χ3v) is 5.82. The number of allylic oxidation sites excluding steroid dienone is 1. The molecule has 3 rings (SSSR count). The Morgan fingerprint density at radius 1 is 1.27 bits per heavy atom. The fourth-order valence-electron chi connectivity index (χ4n) is 4.91. The highest BCUT2D eigenvalue weighted by Crippen LogP contribution is 2.76. The van der Waals surface area contributed by atoms with Crippen molar-refractivity contribution in [2.75, 3.05) is 0 Å². The van der Waals surface area contributed by atoms with E-state index in [9.17, 15) is 19.5 Å². The number of fused-ring (bicyclic) bond motifs is 2. The number of rotatable bonds is 3. The second-order valence-corrected chi connectivity index (χ2v) is 7.90. The van der Waals surface area contributed by atoms with Crippen molar-refractivity contribution in [1.29, 1.82) is 0 Å². The van der Waals surface area contributed by atoms with Gasteiger partial charge in [-0.2, -0.15) is 0 Å². The van der Waals surface area contributed by atoms with Crippen molar-refractivity contribution >= 4 is 18.7 Å². The minimum absolute atomic E-state index is 0.296. The lowest BCUT2D eigenvalue weighted by Gasteiger charge is -2.43. The maximum absolute atomic E-state index is 11.7. The molecule has 0 heterocycles. The summed E-state index contributed by atoms with van der Waals surface area (Å²) in [6, 6.07) is 0. The molecule has 0 bridgehead atoms. The zero-order valence-corrected chi connectivity index (χ0v) is 12.9. The molecule has 2 saturated carbocycles. The Hall–Kier alpha value is -1.69. The number of hydrogen-bond donors (Lipinski definition) is 2. The fraction of sp³-hybridized carbons (Fsp3) is 0.688. The van der Waals surface area contributed by atoms with E-state index < -0.39 is 28.7 Å². The predicted octanol–water partition coefficient (Wildman–Crippen LogP) is 1.71. The number of carbonyl (C=O) groups is 3. The molecule has 0 saturated heterocycles. The van der Waals surface area contributed by atoms with E-state index in [-0.39, 0.29) is 5.41 Å². The zero-order chi connectivity index (χ0) is 16.6. The summed E-state index contributed by atoms with van der Waals surface area (Å²) in [7, 11) is 0. The summed E-state index contributed by atoms with van der Waals surface area (Å²) in [5.74, 6) is 0. The van der Waals surface area contributed by atoms with Crippen LogP contribution in [0.4, 0.5) is 4.79 Å². The smallest absolute Gasteiger partial charge is 0.450 e. The summed E-state index contributed by atoms with van der Waals surface area (Å²) in [5, 5.41) is 20.3. The van der Waals surface area contributed by atoms with E-state index in [0.717, 1.165) is 0 Å². The van der Waals surface area contributed by atoms with Gasteiger partial charge in [-0.3, -0.25) is 4.79 Å². The van der Waals surface area contributed by atoms with Gasteiger partial charge in [0.05, 0.1) is 5.41 Å². The van der Waals surface area contributed by atoms with Gasteiger partial charge in [-0.25, -0.2) is 4.79 Å². The van der Waals surface area contributed by atoms with Gasteiger partial charge >= 0.3 is 6.16 Å². The van der Waals surface area contributed by atoms with Gasteiger partial charge in [0.1, 0.15) is 24.3 Å². The molecule has 3 aliphatic carbocycles. The summed E-state index contributed by atoms with van der Waals surface area (Å²) in [4.78, 5) is 34.5. The van der Waals surface area contributed by atoms with Gasteiger partial charge < -0.3 is 19.7 Å². The standard InChI is InChI=1S/C16H20O6/c1-13(2)4-9-10(5-17)15(8-18)7-14(15,3)11(22-12(19)20)16(9,21)6-13/h5,8,11,21H,4,6-7H2,1-3H3,(H,19,20)/t11-,14+,15+,16-/m1/s1. The van der Waals surface area contributed by atoms with E-state index in [1.807, 2.05) is 13.8 Å². The van der Waals surface area contributed by atoms with Gasteiger partial charge in [0.15, 0.2) is 0 Å². The second kappa shape index (κ2) is 3.98. The van der Waals surface area contributed by atoms with Crippen molar-refractivity contribution in [3.05, 3.63) is 11.1 Å². The quantitative estimate of drug-likeness (QED) is 0.608. The highest BCUT2D eigenvalue weighted by Gasteiger charge is 2.79. The average Bonchev–Trinajstić information content (AvgIpc) is 2.93. The first-order valence-corrected chi connectivity index (χ1v) is 7.34. The largest absolute Gasteiger partial charge is 0.506 e. The van der Waals surface area contributed by atoms with Gasteiger partial charge in [0.25, 0.3) is 0 Å². The van der Waals surface area contributed by atoms with Crippen LogP contribution in [0.3, 0.4) is 0 Å². The van der Waals surface area contributed by atoms with Crippen LogP contribution in [0.2, 0.25) is 0 Å². The first-order valence-electron chi connectivity index (χ1n) is 7.34. The molecule has 2 fully saturated rings. The molecule has 2 N–H and O–H groups in total. The summed E-state index contributed by atoms with van der Waals surface area (Å²) >= 11 is 0. The lowest BCUT2D eigenvalue weighted by atomic mass is 9.68. The van der Waals surface area contributed by atoms with E-state index in [1.54, 1.807) is 6.92 Å². The summed E-state index contributed by atoms with van der Waals surface area (Å²) < 4.78 is 5.04. The Morgan fingerprint density at radius 2 is 1.91 bits per heavy atom. The Kier molecular flexibility index (Phi) is 2.76. The van der Waals surface area contributed by atoms with Crippen LogP contribution in [-0.2, 0) is 14.3 Å². The third kappa shape index (κ3) is 1.56. The first kappa shape index (κ1) is 15.2. The molecule has 0 aliphatic heterocycles. The monoisotopic (exact) mass is 308 g/mol. The molecule has 0 aromatic heterocycles. The lowest BCUT2D eigenvalue weighted by molar-refractivity contribution is -0.128. The summed E-state index contributed by atoms with van der Waals surface area (Å²) in [6.45, 7) is 5.59. The maximum atomic E-state index is 11.7. The van der Waals surface area contributed by atoms with Crippen LogP contribution >= 0.6 is 0 Å². The highest BCUT2D eigenvalue weighted by molar-refractivity contribution is 5.91. The SMILES string of the molecule is CC1(C)CC2=C(C=O)[C@@]3(C=O)C[C@@]3(C)[C@@H](OC(=O)O)[C@@]2(O)C1. The number of ether oxygens (including phenoxy) is 1. The van der Waals surface area contributed by atoms with Gasteiger partial charge in [-0.1, -0.05) is 20.8 Å². The van der Waals surface area contributed by atoms with Crippen molar-refractivity contribution in [2.24, 2.45) is 16.2 Å². The van der Waals surface area contributed by atoms with Crippen LogP contribution < -0.4 is 0 Å². The third-order valence-electron chi connectivity index (χ3n) is 5.82. The first-order chi connectivity index (χ1) is 10.1. The van der Waals surface area contributed by atoms with Crippen molar-refractivity contribution < 1.29 is 29.3 Å². The van der Waals surface area contributed by atoms with Crippen molar-refractivity contribution in [2.45, 2.75) is 51.7 Å². The van der Waals surface area contributed by atoms with E-state index in [2.05, 4.69) is 0 Å². The molecule has 6 heteroatoms. The van der Waals surface area contributed by atoms with E-state index >= 15 is 0 Å². The van der Waals surface area contributed by atoms with Gasteiger partial charge in [-0.05, 0) is 30.3 Å². The topological polar surface area (TPSA) is 101 Å². The van der Waals surface area contributed by atoms with Crippen LogP contribution in [-0.4, -0.2) is 40.6 Å². The van der Waals surface area contributed by atoms with Crippen LogP contribution in [0.1, 0.15) is 40.0 Å². The molecule has 0 radical (unpaired) electrons. The Bertz CT molecular complexity index is 620. The summed E-state index contributed by atoms with van der Waals surface area (Å²) in [6.07, 6.45) is -0.0849. The van der Waals surface area contributed by atoms with Crippen molar-refractivity contribution in [3.63, 3.8) is 0 Å². The van der Waals surface area contributed by atoms with Gasteiger partial charge in [0.2, 0.25) is 0 Å². The molecule has 0 spiro atoms. The van der Waals surface area contributed by atoms with Crippen LogP contribution in [0.15, 0.2) is 11.1 Å². The molecule has 6 nitrogen and oxygen atoms in total. The van der Waals surface area contributed by atoms with Crippen molar-refractivity contribution in [1.82, 2.24) is 0 Å². The van der Waals surface area contributed by atoms with Crippen LogP contribution in [0.5, 0.6) is 0 Å². The number of aliphatic hydroxyl groups is 1. The molecule has 120 valence electrons. The van der Waals surface area contributed by atoms with Crippen molar-refractivity contribution in [3.8, 4) is 0 Å². The molecule has 0 aromatic carbocycles.